The lowest BCUT2D eigenvalue weighted by atomic mass is 9.96. The summed E-state index contributed by atoms with van der Waals surface area (Å²) in [7, 11) is 0. The summed E-state index contributed by atoms with van der Waals surface area (Å²) in [4.78, 5) is 51.8. The van der Waals surface area contributed by atoms with Gasteiger partial charge in [-0.3, -0.25) is 14.4 Å². The van der Waals surface area contributed by atoms with E-state index in [9.17, 15) is 19.2 Å². The van der Waals surface area contributed by atoms with Gasteiger partial charge in [0.1, 0.15) is 13.2 Å². The number of nitrogens with one attached hydrogen (secondary N) is 2. The Balaban J connectivity index is 2.08. The molecule has 2 aromatic carbocycles. The van der Waals surface area contributed by atoms with E-state index in [1.165, 1.54) is 6.08 Å². The first kappa shape index (κ1) is 34.9. The van der Waals surface area contributed by atoms with Crippen molar-refractivity contribution in [3.8, 4) is 0 Å². The van der Waals surface area contributed by atoms with E-state index in [1.807, 2.05) is 36.4 Å². The predicted octanol–water partition coefficient (Wildman–Crippen LogP) is 2.90. The van der Waals surface area contributed by atoms with Crippen molar-refractivity contribution in [1.29, 1.82) is 0 Å². The van der Waals surface area contributed by atoms with E-state index in [0.29, 0.717) is 12.8 Å². The number of esters is 2. The lowest BCUT2D eigenvalue weighted by Crippen LogP contribution is -2.48. The van der Waals surface area contributed by atoms with E-state index < -0.39 is 48.2 Å². The summed E-state index contributed by atoms with van der Waals surface area (Å²) in [6, 6.07) is 17.2. The van der Waals surface area contributed by atoms with Gasteiger partial charge in [-0.25, -0.2) is 4.79 Å². The first-order valence-electron chi connectivity index (χ1n) is 14.3. The zero-order valence-corrected chi connectivity index (χ0v) is 24.5. The largest absolute Gasteiger partial charge is 0.463 e. The van der Waals surface area contributed by atoms with E-state index in [4.69, 9.17) is 19.3 Å². The van der Waals surface area contributed by atoms with E-state index in [1.54, 1.807) is 30.3 Å². The standard InChI is InChI=1S/C33H42N2O8/c1-3-11-27(22-30(37)34-17-19-41-20-18-36)31(38)35-29(33(40)42-23-26-15-9-6-10-16-26)24-43-32(39)28(12-4-2)21-25-13-7-5-8-14-25/h3-10,13-16,27-29,36H,1-2,11-12,17-24H2,(H,34,37)(H,35,38)/t27-,28-,29+/m0/s1. The first-order chi connectivity index (χ1) is 20.9. The molecule has 0 radical (unpaired) electrons. The molecular formula is C33H42N2O8. The van der Waals surface area contributed by atoms with Gasteiger partial charge in [0.05, 0.1) is 31.7 Å². The molecule has 0 bridgehead atoms. The molecule has 43 heavy (non-hydrogen) atoms. The highest BCUT2D eigenvalue weighted by molar-refractivity contribution is 5.89. The van der Waals surface area contributed by atoms with Crippen LogP contribution in [0.4, 0.5) is 0 Å². The van der Waals surface area contributed by atoms with Crippen LogP contribution in [0.1, 0.15) is 30.4 Å². The minimum absolute atomic E-state index is 0.0378. The maximum absolute atomic E-state index is 13.2. The van der Waals surface area contributed by atoms with Crippen molar-refractivity contribution < 1.29 is 38.5 Å². The van der Waals surface area contributed by atoms with E-state index in [0.717, 1.165) is 11.1 Å². The van der Waals surface area contributed by atoms with Crippen molar-refractivity contribution in [3.63, 3.8) is 0 Å². The zero-order chi connectivity index (χ0) is 31.3. The van der Waals surface area contributed by atoms with Crippen molar-refractivity contribution in [1.82, 2.24) is 10.6 Å². The molecule has 0 saturated heterocycles. The van der Waals surface area contributed by atoms with Crippen LogP contribution in [0.3, 0.4) is 0 Å². The van der Waals surface area contributed by atoms with Gasteiger partial charge in [-0.1, -0.05) is 72.8 Å². The van der Waals surface area contributed by atoms with Crippen molar-refractivity contribution in [2.24, 2.45) is 11.8 Å². The highest BCUT2D eigenvalue weighted by Gasteiger charge is 2.30. The van der Waals surface area contributed by atoms with Gasteiger partial charge in [-0.15, -0.1) is 13.2 Å². The molecule has 0 aliphatic rings. The topological polar surface area (TPSA) is 140 Å². The number of aliphatic hydroxyl groups excluding tert-OH is 1. The number of benzene rings is 2. The summed E-state index contributed by atoms with van der Waals surface area (Å²) in [5, 5.41) is 14.0. The molecule has 0 unspecified atom stereocenters. The van der Waals surface area contributed by atoms with Gasteiger partial charge >= 0.3 is 11.9 Å². The van der Waals surface area contributed by atoms with Gasteiger partial charge in [0, 0.05) is 13.0 Å². The van der Waals surface area contributed by atoms with Crippen LogP contribution >= 0.6 is 0 Å². The van der Waals surface area contributed by atoms with Crippen LogP contribution in [0.2, 0.25) is 0 Å². The predicted molar refractivity (Wildman–Crippen MR) is 161 cm³/mol. The number of rotatable bonds is 21. The molecule has 10 nitrogen and oxygen atoms in total. The average Bonchev–Trinajstić information content (AvgIpc) is 3.02. The third-order valence-electron chi connectivity index (χ3n) is 6.38. The number of ether oxygens (including phenoxy) is 3. The summed E-state index contributed by atoms with van der Waals surface area (Å²) >= 11 is 0. The molecule has 2 amide bonds. The number of amides is 2. The Morgan fingerprint density at radius 2 is 1.44 bits per heavy atom. The molecule has 2 aromatic rings. The number of hydrogen-bond acceptors (Lipinski definition) is 8. The number of carbonyl (C=O) groups excluding carboxylic acids is 4. The smallest absolute Gasteiger partial charge is 0.332 e. The minimum Gasteiger partial charge on any atom is -0.463 e. The van der Waals surface area contributed by atoms with Gasteiger partial charge in [0.15, 0.2) is 6.04 Å². The second kappa shape index (κ2) is 20.6. The average molecular weight is 595 g/mol. The van der Waals surface area contributed by atoms with Crippen molar-refractivity contribution in [3.05, 3.63) is 97.1 Å². The van der Waals surface area contributed by atoms with Crippen molar-refractivity contribution in [2.75, 3.05) is 33.0 Å². The Morgan fingerprint density at radius 3 is 2.07 bits per heavy atom. The monoisotopic (exact) mass is 594 g/mol. The summed E-state index contributed by atoms with van der Waals surface area (Å²) in [6.07, 6.45) is 3.93. The van der Waals surface area contributed by atoms with Crippen LogP contribution in [0.5, 0.6) is 0 Å². The Hall–Kier alpha value is -4.28. The number of allylic oxidation sites excluding steroid dienone is 2. The zero-order valence-electron chi connectivity index (χ0n) is 24.5. The van der Waals surface area contributed by atoms with Crippen LogP contribution in [-0.4, -0.2) is 67.9 Å². The Labute approximate surface area is 253 Å². The van der Waals surface area contributed by atoms with E-state index in [-0.39, 0.29) is 45.8 Å². The normalized spacial score (nSPS) is 12.7. The van der Waals surface area contributed by atoms with Crippen LogP contribution in [0.25, 0.3) is 0 Å². The maximum Gasteiger partial charge on any atom is 0.332 e. The molecule has 3 atom stereocenters. The van der Waals surface area contributed by atoms with Gasteiger partial charge in [-0.05, 0) is 30.4 Å². The molecule has 0 aliphatic heterocycles. The van der Waals surface area contributed by atoms with Crippen LogP contribution in [-0.2, 0) is 46.4 Å². The lowest BCUT2D eigenvalue weighted by molar-refractivity contribution is -0.157. The fourth-order valence-corrected chi connectivity index (χ4v) is 4.14. The van der Waals surface area contributed by atoms with E-state index >= 15 is 0 Å². The highest BCUT2D eigenvalue weighted by Crippen LogP contribution is 2.16. The van der Waals surface area contributed by atoms with E-state index in [2.05, 4.69) is 23.8 Å². The molecular weight excluding hydrogens is 552 g/mol. The number of aliphatic hydroxyl groups is 1. The fraction of sp³-hybridized carbons (Fsp3) is 0.394. The molecule has 0 heterocycles. The van der Waals surface area contributed by atoms with Gasteiger partial charge < -0.3 is 30.0 Å². The molecule has 0 fully saturated rings. The van der Waals surface area contributed by atoms with Crippen molar-refractivity contribution in [2.45, 2.75) is 38.3 Å². The first-order valence-corrected chi connectivity index (χ1v) is 14.3. The van der Waals surface area contributed by atoms with Crippen LogP contribution < -0.4 is 10.6 Å². The molecule has 0 aromatic heterocycles. The van der Waals surface area contributed by atoms with Gasteiger partial charge in [0.25, 0.3) is 0 Å². The Morgan fingerprint density at radius 1 is 0.814 bits per heavy atom. The summed E-state index contributed by atoms with van der Waals surface area (Å²) in [5.41, 5.74) is 1.69. The Kier molecular flexibility index (Phi) is 16.7. The fourth-order valence-electron chi connectivity index (χ4n) is 4.14. The molecule has 2 rings (SSSR count). The molecule has 3 N–H and O–H groups in total. The van der Waals surface area contributed by atoms with Crippen LogP contribution in [0.15, 0.2) is 86.0 Å². The lowest BCUT2D eigenvalue weighted by Gasteiger charge is -2.22. The SMILES string of the molecule is C=CC[C@@H](CC(=O)NCCOCCO)C(=O)N[C@H](COC(=O)[C@@H](CC=C)Cc1ccccc1)C(=O)OCc1ccccc1. The number of carbonyl (C=O) groups is 4. The van der Waals surface area contributed by atoms with Crippen molar-refractivity contribution >= 4 is 23.8 Å². The molecule has 0 aliphatic carbocycles. The van der Waals surface area contributed by atoms with Gasteiger partial charge in [-0.2, -0.15) is 0 Å². The molecule has 232 valence electrons. The molecule has 10 heteroatoms. The van der Waals surface area contributed by atoms with Gasteiger partial charge in [0.2, 0.25) is 11.8 Å². The summed E-state index contributed by atoms with van der Waals surface area (Å²) in [6.45, 7) is 7.37. The minimum atomic E-state index is -1.30. The summed E-state index contributed by atoms with van der Waals surface area (Å²) < 4.78 is 16.1. The Bertz CT molecular complexity index is 1160. The maximum atomic E-state index is 13.2. The molecule has 0 spiro atoms. The third kappa shape index (κ3) is 14.0. The third-order valence-corrected chi connectivity index (χ3v) is 6.38. The molecule has 0 saturated carbocycles. The highest BCUT2D eigenvalue weighted by atomic mass is 16.6. The second-order valence-corrected chi connectivity index (χ2v) is 9.81. The van der Waals surface area contributed by atoms with Crippen LogP contribution in [0, 0.1) is 11.8 Å². The second-order valence-electron chi connectivity index (χ2n) is 9.81. The summed E-state index contributed by atoms with van der Waals surface area (Å²) in [5.74, 6) is -3.66. The quantitative estimate of drug-likeness (QED) is 0.114. The number of hydrogen-bond donors (Lipinski definition) is 3.